The summed E-state index contributed by atoms with van der Waals surface area (Å²) in [5.74, 6) is -0.865. The number of primary amides is 1. The number of nitrogens with zero attached hydrogens (tertiary/aromatic N) is 3. The molecular formula is C12H13N5O3. The minimum absolute atomic E-state index is 0.0984. The number of hydrogen-bond acceptors (Lipinski definition) is 6. The molecule has 8 heteroatoms. The van der Waals surface area contributed by atoms with Crippen molar-refractivity contribution in [3.63, 3.8) is 0 Å². The van der Waals surface area contributed by atoms with Gasteiger partial charge in [-0.25, -0.2) is 14.5 Å². The van der Waals surface area contributed by atoms with Crippen molar-refractivity contribution in [2.45, 2.75) is 6.92 Å². The largest absolute Gasteiger partial charge is 0.462 e. The highest BCUT2D eigenvalue weighted by Crippen LogP contribution is 2.15. The summed E-state index contributed by atoms with van der Waals surface area (Å²) in [7, 11) is 0. The average molecular weight is 275 g/mol. The number of anilines is 1. The minimum Gasteiger partial charge on any atom is -0.462 e. The van der Waals surface area contributed by atoms with Crippen LogP contribution in [-0.2, 0) is 4.74 Å². The van der Waals surface area contributed by atoms with Crippen LogP contribution in [0.2, 0.25) is 0 Å². The highest BCUT2D eigenvalue weighted by atomic mass is 16.5. The van der Waals surface area contributed by atoms with Crippen LogP contribution in [-0.4, -0.2) is 33.2 Å². The summed E-state index contributed by atoms with van der Waals surface area (Å²) in [6.07, 6.45) is 2.83. The maximum absolute atomic E-state index is 11.7. The second-order valence-corrected chi connectivity index (χ2v) is 3.86. The van der Waals surface area contributed by atoms with Crippen molar-refractivity contribution < 1.29 is 14.3 Å². The molecule has 0 bridgehead atoms. The lowest BCUT2D eigenvalue weighted by Crippen LogP contribution is -2.13. The molecule has 0 spiro atoms. The molecule has 0 saturated heterocycles. The highest BCUT2D eigenvalue weighted by Gasteiger charge is 2.14. The fourth-order valence-corrected chi connectivity index (χ4v) is 1.55. The summed E-state index contributed by atoms with van der Waals surface area (Å²) in [5, 5.41) is 3.94. The highest BCUT2D eigenvalue weighted by molar-refractivity contribution is 5.95. The van der Waals surface area contributed by atoms with Crippen molar-refractivity contribution in [3.05, 3.63) is 35.8 Å². The smallest absolute Gasteiger partial charge is 0.340 e. The molecule has 2 aromatic heterocycles. The summed E-state index contributed by atoms with van der Waals surface area (Å²) in [5.41, 5.74) is 11.3. The lowest BCUT2D eigenvalue weighted by molar-refractivity contribution is 0.0527. The fraction of sp³-hybridized carbons (Fsp3) is 0.167. The molecule has 0 unspecified atom stereocenters. The van der Waals surface area contributed by atoms with Crippen LogP contribution in [0.4, 0.5) is 5.69 Å². The van der Waals surface area contributed by atoms with E-state index in [1.165, 1.54) is 29.2 Å². The number of carbonyl (C=O) groups excluding carboxylic acids is 2. The number of nitrogen functional groups attached to an aromatic ring is 1. The van der Waals surface area contributed by atoms with Gasteiger partial charge < -0.3 is 16.2 Å². The fourth-order valence-electron chi connectivity index (χ4n) is 1.55. The van der Waals surface area contributed by atoms with E-state index in [1.807, 2.05) is 0 Å². The van der Waals surface area contributed by atoms with Crippen LogP contribution >= 0.6 is 0 Å². The number of hydrogen-bond donors (Lipinski definition) is 2. The first-order chi connectivity index (χ1) is 9.52. The summed E-state index contributed by atoms with van der Waals surface area (Å²) in [6.45, 7) is 1.94. The first-order valence-corrected chi connectivity index (χ1v) is 5.81. The van der Waals surface area contributed by atoms with E-state index >= 15 is 0 Å². The van der Waals surface area contributed by atoms with Crippen molar-refractivity contribution in [2.24, 2.45) is 5.73 Å². The number of pyridine rings is 1. The Kier molecular flexibility index (Phi) is 3.65. The van der Waals surface area contributed by atoms with Crippen molar-refractivity contribution in [2.75, 3.05) is 12.3 Å². The normalized spacial score (nSPS) is 10.2. The summed E-state index contributed by atoms with van der Waals surface area (Å²) >= 11 is 0. The molecular weight excluding hydrogens is 262 g/mol. The Labute approximate surface area is 114 Å². The van der Waals surface area contributed by atoms with Gasteiger partial charge in [-0.15, -0.1) is 0 Å². The Balaban J connectivity index is 2.39. The number of esters is 1. The number of carbonyl (C=O) groups is 2. The third-order valence-corrected chi connectivity index (χ3v) is 2.49. The first kappa shape index (κ1) is 13.5. The number of rotatable bonds is 4. The standard InChI is InChI=1S/C12H13N5O3/c1-2-20-12(19)7-5-10(15-6-8(7)13)17-4-3-9(16-17)11(14)18/h3-6H,2,13H2,1H3,(H2,14,18). The van der Waals surface area contributed by atoms with Gasteiger partial charge in [-0.3, -0.25) is 4.79 Å². The monoisotopic (exact) mass is 275 g/mol. The Morgan fingerprint density at radius 3 is 2.80 bits per heavy atom. The van der Waals surface area contributed by atoms with Gasteiger partial charge in [-0.1, -0.05) is 0 Å². The quantitative estimate of drug-likeness (QED) is 0.763. The van der Waals surface area contributed by atoms with Gasteiger partial charge >= 0.3 is 5.97 Å². The minimum atomic E-state index is -0.648. The molecule has 8 nitrogen and oxygen atoms in total. The number of aromatic nitrogens is 3. The number of nitrogens with two attached hydrogens (primary N) is 2. The van der Waals surface area contributed by atoms with E-state index < -0.39 is 11.9 Å². The predicted molar refractivity (Wildman–Crippen MR) is 70.2 cm³/mol. The van der Waals surface area contributed by atoms with Gasteiger partial charge in [0.15, 0.2) is 5.82 Å². The van der Waals surface area contributed by atoms with E-state index in [0.29, 0.717) is 5.82 Å². The Bertz CT molecular complexity index is 665. The molecule has 0 aliphatic heterocycles. The van der Waals surface area contributed by atoms with E-state index in [9.17, 15) is 9.59 Å². The lowest BCUT2D eigenvalue weighted by atomic mass is 10.2. The summed E-state index contributed by atoms with van der Waals surface area (Å²) in [4.78, 5) is 26.8. The average Bonchev–Trinajstić information content (AvgIpc) is 2.89. The van der Waals surface area contributed by atoms with Crippen molar-refractivity contribution in [1.29, 1.82) is 0 Å². The molecule has 0 aliphatic carbocycles. The van der Waals surface area contributed by atoms with Crippen LogP contribution in [0.3, 0.4) is 0 Å². The van der Waals surface area contributed by atoms with Crippen LogP contribution in [0.15, 0.2) is 24.5 Å². The topological polar surface area (TPSA) is 126 Å². The van der Waals surface area contributed by atoms with Crippen molar-refractivity contribution >= 4 is 17.6 Å². The maximum Gasteiger partial charge on any atom is 0.340 e. The van der Waals surface area contributed by atoms with Crippen molar-refractivity contribution in [3.8, 4) is 5.82 Å². The van der Waals surface area contributed by atoms with Crippen LogP contribution in [0.25, 0.3) is 5.82 Å². The third kappa shape index (κ3) is 2.58. The third-order valence-electron chi connectivity index (χ3n) is 2.49. The number of amides is 1. The SMILES string of the molecule is CCOC(=O)c1cc(-n2ccc(C(N)=O)n2)ncc1N. The van der Waals surface area contributed by atoms with Gasteiger partial charge in [-0.05, 0) is 19.1 Å². The zero-order valence-electron chi connectivity index (χ0n) is 10.7. The second kappa shape index (κ2) is 5.39. The first-order valence-electron chi connectivity index (χ1n) is 5.81. The van der Waals surface area contributed by atoms with E-state index in [4.69, 9.17) is 16.2 Å². The predicted octanol–water partition coefficient (Wildman–Crippen LogP) is 0.125. The van der Waals surface area contributed by atoms with E-state index in [0.717, 1.165) is 0 Å². The van der Waals surface area contributed by atoms with Gasteiger partial charge in [-0.2, -0.15) is 5.10 Å². The molecule has 0 aliphatic rings. The zero-order valence-corrected chi connectivity index (χ0v) is 10.7. The van der Waals surface area contributed by atoms with Crippen LogP contribution in [0.1, 0.15) is 27.8 Å². The van der Waals surface area contributed by atoms with E-state index in [-0.39, 0.29) is 23.6 Å². The van der Waals surface area contributed by atoms with Crippen LogP contribution in [0, 0.1) is 0 Å². The molecule has 0 radical (unpaired) electrons. The van der Waals surface area contributed by atoms with Gasteiger partial charge in [0.1, 0.15) is 5.69 Å². The second-order valence-electron chi connectivity index (χ2n) is 3.86. The van der Waals surface area contributed by atoms with Gasteiger partial charge in [0.05, 0.1) is 24.1 Å². The molecule has 4 N–H and O–H groups in total. The Morgan fingerprint density at radius 2 is 2.20 bits per heavy atom. The summed E-state index contributed by atoms with van der Waals surface area (Å²) in [6, 6.07) is 2.88. The van der Waals surface area contributed by atoms with Crippen molar-refractivity contribution in [1.82, 2.24) is 14.8 Å². The molecule has 2 heterocycles. The molecule has 0 fully saturated rings. The van der Waals surface area contributed by atoms with Gasteiger partial charge in [0.2, 0.25) is 0 Å². The molecule has 0 atom stereocenters. The maximum atomic E-state index is 11.7. The molecule has 1 amide bonds. The Hall–Kier alpha value is -2.90. The van der Waals surface area contributed by atoms with E-state index in [1.54, 1.807) is 6.92 Å². The molecule has 0 aromatic carbocycles. The van der Waals surface area contributed by atoms with Crippen LogP contribution < -0.4 is 11.5 Å². The molecule has 2 rings (SSSR count). The zero-order chi connectivity index (χ0) is 14.7. The molecule has 20 heavy (non-hydrogen) atoms. The molecule has 2 aromatic rings. The van der Waals surface area contributed by atoms with Gasteiger partial charge in [0.25, 0.3) is 5.91 Å². The van der Waals surface area contributed by atoms with E-state index in [2.05, 4.69) is 10.1 Å². The van der Waals surface area contributed by atoms with Gasteiger partial charge in [0, 0.05) is 6.20 Å². The molecule has 104 valence electrons. The lowest BCUT2D eigenvalue weighted by Gasteiger charge is -2.07. The molecule has 0 saturated carbocycles. The summed E-state index contributed by atoms with van der Waals surface area (Å²) < 4.78 is 6.21. The van der Waals surface area contributed by atoms with Crippen LogP contribution in [0.5, 0.6) is 0 Å². The Morgan fingerprint density at radius 1 is 1.45 bits per heavy atom. The number of ether oxygens (including phenoxy) is 1.